The van der Waals surface area contributed by atoms with Crippen molar-refractivity contribution >= 4 is 17.3 Å². The second-order valence-electron chi connectivity index (χ2n) is 7.96. The van der Waals surface area contributed by atoms with Gasteiger partial charge < -0.3 is 15.7 Å². The lowest BCUT2D eigenvalue weighted by molar-refractivity contribution is 0.0697. The van der Waals surface area contributed by atoms with Crippen LogP contribution in [0.2, 0.25) is 0 Å². The number of nitrogens with zero attached hydrogens (tertiary/aromatic N) is 1. The summed E-state index contributed by atoms with van der Waals surface area (Å²) >= 11 is 0. The minimum atomic E-state index is -0.920. The van der Waals surface area contributed by atoms with Gasteiger partial charge >= 0.3 is 5.97 Å². The third-order valence-electron chi connectivity index (χ3n) is 5.38. The van der Waals surface area contributed by atoms with Crippen molar-refractivity contribution in [3.8, 4) is 11.1 Å². The van der Waals surface area contributed by atoms with E-state index in [4.69, 9.17) is 5.73 Å². The van der Waals surface area contributed by atoms with Gasteiger partial charge in [0, 0.05) is 12.6 Å². The molecular weight excluding hydrogens is 336 g/mol. The fourth-order valence-corrected chi connectivity index (χ4v) is 4.14. The SMILES string of the molecule is CC(C)CN(c1ccc(-c2ccccc2C(=O)O)cc1N)C1CCCCC1. The highest BCUT2D eigenvalue weighted by Gasteiger charge is 2.24. The van der Waals surface area contributed by atoms with Gasteiger partial charge in [-0.25, -0.2) is 4.79 Å². The zero-order valence-electron chi connectivity index (χ0n) is 16.3. The second kappa shape index (κ2) is 8.47. The van der Waals surface area contributed by atoms with Crippen LogP contribution in [0.1, 0.15) is 56.3 Å². The first-order valence-electron chi connectivity index (χ1n) is 9.96. The molecule has 3 rings (SSSR count). The van der Waals surface area contributed by atoms with Crippen molar-refractivity contribution in [1.29, 1.82) is 0 Å². The predicted octanol–water partition coefficient (Wildman–Crippen LogP) is 5.43. The van der Waals surface area contributed by atoms with Crippen LogP contribution in [0.15, 0.2) is 42.5 Å². The first-order valence-corrected chi connectivity index (χ1v) is 9.96. The van der Waals surface area contributed by atoms with Crippen molar-refractivity contribution in [3.05, 3.63) is 48.0 Å². The molecule has 2 aromatic carbocycles. The number of hydrogen-bond acceptors (Lipinski definition) is 3. The lowest BCUT2D eigenvalue weighted by Crippen LogP contribution is -2.39. The lowest BCUT2D eigenvalue weighted by Gasteiger charge is -2.38. The van der Waals surface area contributed by atoms with E-state index in [2.05, 4.69) is 24.8 Å². The van der Waals surface area contributed by atoms with Gasteiger partial charge in [0.1, 0.15) is 0 Å². The van der Waals surface area contributed by atoms with Crippen LogP contribution in [0, 0.1) is 5.92 Å². The van der Waals surface area contributed by atoms with Gasteiger partial charge in [-0.3, -0.25) is 0 Å². The molecule has 0 spiro atoms. The number of aromatic carboxylic acids is 1. The summed E-state index contributed by atoms with van der Waals surface area (Å²) in [6.07, 6.45) is 6.32. The quantitative estimate of drug-likeness (QED) is 0.669. The minimum absolute atomic E-state index is 0.302. The molecule has 3 N–H and O–H groups in total. The summed E-state index contributed by atoms with van der Waals surface area (Å²) in [6, 6.07) is 13.6. The Kier molecular flexibility index (Phi) is 6.04. The Labute approximate surface area is 162 Å². The van der Waals surface area contributed by atoms with E-state index in [1.807, 2.05) is 24.3 Å². The molecule has 27 heavy (non-hydrogen) atoms. The number of nitrogen functional groups attached to an aromatic ring is 1. The van der Waals surface area contributed by atoms with Crippen LogP contribution in [0.3, 0.4) is 0 Å². The molecule has 1 aliphatic carbocycles. The number of carboxylic acids is 1. The Morgan fingerprint density at radius 3 is 2.48 bits per heavy atom. The Morgan fingerprint density at radius 2 is 1.85 bits per heavy atom. The van der Waals surface area contributed by atoms with Crippen LogP contribution in [0.25, 0.3) is 11.1 Å². The summed E-state index contributed by atoms with van der Waals surface area (Å²) in [5.41, 5.74) is 10.1. The summed E-state index contributed by atoms with van der Waals surface area (Å²) in [5.74, 6) is -0.365. The van der Waals surface area contributed by atoms with E-state index < -0.39 is 5.97 Å². The van der Waals surface area contributed by atoms with E-state index in [-0.39, 0.29) is 0 Å². The van der Waals surface area contributed by atoms with E-state index in [0.717, 1.165) is 23.5 Å². The zero-order chi connectivity index (χ0) is 19.4. The molecule has 4 nitrogen and oxygen atoms in total. The van der Waals surface area contributed by atoms with E-state index in [1.54, 1.807) is 12.1 Å². The average Bonchev–Trinajstić information content (AvgIpc) is 2.67. The van der Waals surface area contributed by atoms with Crippen molar-refractivity contribution in [2.45, 2.75) is 52.0 Å². The summed E-state index contributed by atoms with van der Waals surface area (Å²) < 4.78 is 0. The molecule has 0 aliphatic heterocycles. The summed E-state index contributed by atoms with van der Waals surface area (Å²) in [7, 11) is 0. The number of benzene rings is 2. The molecule has 144 valence electrons. The molecule has 0 aromatic heterocycles. The molecule has 0 saturated heterocycles. The molecule has 0 radical (unpaired) electrons. The van der Waals surface area contributed by atoms with Crippen molar-refractivity contribution < 1.29 is 9.90 Å². The minimum Gasteiger partial charge on any atom is -0.478 e. The molecule has 1 aliphatic rings. The second-order valence-corrected chi connectivity index (χ2v) is 7.96. The van der Waals surface area contributed by atoms with Crippen LogP contribution < -0.4 is 10.6 Å². The van der Waals surface area contributed by atoms with E-state index >= 15 is 0 Å². The van der Waals surface area contributed by atoms with Gasteiger partial charge in [0.15, 0.2) is 0 Å². The molecule has 0 amide bonds. The maximum Gasteiger partial charge on any atom is 0.336 e. The van der Waals surface area contributed by atoms with Crippen molar-refractivity contribution in [2.24, 2.45) is 5.92 Å². The van der Waals surface area contributed by atoms with Gasteiger partial charge in [0.05, 0.1) is 16.9 Å². The topological polar surface area (TPSA) is 66.6 Å². The highest BCUT2D eigenvalue weighted by atomic mass is 16.4. The molecule has 4 heteroatoms. The standard InChI is InChI=1S/C23H30N2O2/c1-16(2)15-25(18-8-4-3-5-9-18)22-13-12-17(14-21(22)24)19-10-6-7-11-20(19)23(26)27/h6-7,10-14,16,18H,3-5,8-9,15,24H2,1-2H3,(H,26,27). The highest BCUT2D eigenvalue weighted by molar-refractivity contribution is 5.96. The monoisotopic (exact) mass is 366 g/mol. The molecule has 2 aromatic rings. The van der Waals surface area contributed by atoms with E-state index in [1.165, 1.54) is 32.1 Å². The molecule has 0 bridgehead atoms. The first-order chi connectivity index (χ1) is 13.0. The van der Waals surface area contributed by atoms with Crippen LogP contribution >= 0.6 is 0 Å². The first kappa shape index (κ1) is 19.3. The number of anilines is 2. The van der Waals surface area contributed by atoms with Gasteiger partial charge in [-0.1, -0.05) is 57.4 Å². The van der Waals surface area contributed by atoms with Gasteiger partial charge in [0.2, 0.25) is 0 Å². The summed E-state index contributed by atoms with van der Waals surface area (Å²) in [6.45, 7) is 5.47. The Balaban J connectivity index is 1.96. The van der Waals surface area contributed by atoms with E-state index in [0.29, 0.717) is 23.1 Å². The van der Waals surface area contributed by atoms with E-state index in [9.17, 15) is 9.90 Å². The Bertz CT molecular complexity index is 795. The number of carboxylic acid groups (broad SMARTS) is 1. The van der Waals surface area contributed by atoms with Crippen molar-refractivity contribution in [3.63, 3.8) is 0 Å². The number of carbonyl (C=O) groups is 1. The number of nitrogens with two attached hydrogens (primary N) is 1. The normalized spacial score (nSPS) is 15.1. The zero-order valence-corrected chi connectivity index (χ0v) is 16.3. The Hall–Kier alpha value is -2.49. The average molecular weight is 367 g/mol. The molecular formula is C23H30N2O2. The van der Waals surface area contributed by atoms with Crippen LogP contribution in [-0.4, -0.2) is 23.7 Å². The molecule has 0 heterocycles. The Morgan fingerprint density at radius 1 is 1.15 bits per heavy atom. The van der Waals surface area contributed by atoms with Gasteiger partial charge in [-0.15, -0.1) is 0 Å². The number of hydrogen-bond donors (Lipinski definition) is 2. The van der Waals surface area contributed by atoms with Crippen molar-refractivity contribution in [1.82, 2.24) is 0 Å². The molecule has 0 unspecified atom stereocenters. The van der Waals surface area contributed by atoms with Crippen LogP contribution in [0.5, 0.6) is 0 Å². The van der Waals surface area contributed by atoms with Crippen molar-refractivity contribution in [2.75, 3.05) is 17.2 Å². The summed E-state index contributed by atoms with van der Waals surface area (Å²) in [5, 5.41) is 9.47. The fourth-order valence-electron chi connectivity index (χ4n) is 4.14. The fraction of sp³-hybridized carbons (Fsp3) is 0.435. The molecule has 1 saturated carbocycles. The number of rotatable bonds is 6. The molecule has 1 fully saturated rings. The highest BCUT2D eigenvalue weighted by Crippen LogP contribution is 2.35. The van der Waals surface area contributed by atoms with Gasteiger partial charge in [0.25, 0.3) is 0 Å². The largest absolute Gasteiger partial charge is 0.478 e. The van der Waals surface area contributed by atoms with Crippen LogP contribution in [-0.2, 0) is 0 Å². The third-order valence-corrected chi connectivity index (χ3v) is 5.38. The van der Waals surface area contributed by atoms with Gasteiger partial charge in [-0.05, 0) is 48.1 Å². The van der Waals surface area contributed by atoms with Gasteiger partial charge in [-0.2, -0.15) is 0 Å². The maximum atomic E-state index is 11.5. The summed E-state index contributed by atoms with van der Waals surface area (Å²) in [4.78, 5) is 14.0. The van der Waals surface area contributed by atoms with Crippen LogP contribution in [0.4, 0.5) is 11.4 Å². The maximum absolute atomic E-state index is 11.5. The molecule has 0 atom stereocenters. The third kappa shape index (κ3) is 4.44. The smallest absolute Gasteiger partial charge is 0.336 e. The predicted molar refractivity (Wildman–Crippen MR) is 112 cm³/mol. The lowest BCUT2D eigenvalue weighted by atomic mass is 9.92.